The third kappa shape index (κ3) is 3.19. The van der Waals surface area contributed by atoms with Crippen LogP contribution in [0.2, 0.25) is 5.02 Å². The third-order valence-electron chi connectivity index (χ3n) is 2.01. The summed E-state index contributed by atoms with van der Waals surface area (Å²) in [5.74, 6) is 0.476. The van der Waals surface area contributed by atoms with Crippen LogP contribution in [-0.2, 0) is 4.79 Å². The molecule has 0 spiro atoms. The predicted molar refractivity (Wildman–Crippen MR) is 55.2 cm³/mol. The molecule has 0 aliphatic carbocycles. The van der Waals surface area contributed by atoms with Crippen LogP contribution < -0.4 is 0 Å². The molecule has 0 heterocycles. The van der Waals surface area contributed by atoms with Crippen molar-refractivity contribution in [3.63, 3.8) is 0 Å². The molecule has 1 aromatic carbocycles. The Hall–Kier alpha value is -0.820. The number of Topliss-reactive ketones (excluding diaryl/α,β-unsaturated/α-hetero) is 1. The third-order valence-corrected chi connectivity index (χ3v) is 2.25. The second kappa shape index (κ2) is 4.43. The zero-order valence-corrected chi connectivity index (χ0v) is 8.64. The van der Waals surface area contributed by atoms with Crippen molar-refractivity contribution >= 4 is 17.4 Å². The molecule has 0 fully saturated rings. The first-order valence-corrected chi connectivity index (χ1v) is 4.72. The summed E-state index contributed by atoms with van der Waals surface area (Å²) in [6.07, 6.45) is 0.584. The van der Waals surface area contributed by atoms with E-state index in [1.165, 1.54) is 0 Å². The van der Waals surface area contributed by atoms with Gasteiger partial charge in [0.1, 0.15) is 5.78 Å². The molecule has 1 atom stereocenters. The molecule has 1 rings (SSSR count). The van der Waals surface area contributed by atoms with Gasteiger partial charge in [0.25, 0.3) is 0 Å². The Morgan fingerprint density at radius 2 is 2.23 bits per heavy atom. The highest BCUT2D eigenvalue weighted by atomic mass is 35.5. The molecular weight excluding hydrogens is 184 g/mol. The Morgan fingerprint density at radius 1 is 1.54 bits per heavy atom. The summed E-state index contributed by atoms with van der Waals surface area (Å²) in [6.45, 7) is 3.65. The fourth-order valence-electron chi connectivity index (χ4n) is 1.36. The highest BCUT2D eigenvalue weighted by Crippen LogP contribution is 2.21. The van der Waals surface area contributed by atoms with Gasteiger partial charge in [0.2, 0.25) is 0 Å². The van der Waals surface area contributed by atoms with Crippen LogP contribution >= 0.6 is 11.6 Å². The largest absolute Gasteiger partial charge is 0.300 e. The fraction of sp³-hybridized carbons (Fsp3) is 0.364. The van der Waals surface area contributed by atoms with Gasteiger partial charge in [-0.05, 0) is 30.5 Å². The van der Waals surface area contributed by atoms with Crippen LogP contribution in [-0.4, -0.2) is 5.78 Å². The molecule has 1 nitrogen and oxygen atoms in total. The smallest absolute Gasteiger partial charge is 0.130 e. The van der Waals surface area contributed by atoms with E-state index in [9.17, 15) is 4.79 Å². The first kappa shape index (κ1) is 10.3. The van der Waals surface area contributed by atoms with Crippen LogP contribution in [0.5, 0.6) is 0 Å². The molecule has 0 amide bonds. The Kier molecular flexibility index (Phi) is 3.49. The van der Waals surface area contributed by atoms with Crippen LogP contribution in [0.1, 0.15) is 31.7 Å². The SMILES string of the molecule is CC(=O)C[C@H](C)c1cccc(Cl)c1. The normalized spacial score (nSPS) is 12.5. The summed E-state index contributed by atoms with van der Waals surface area (Å²) >= 11 is 5.84. The number of rotatable bonds is 3. The lowest BCUT2D eigenvalue weighted by molar-refractivity contribution is -0.117. The lowest BCUT2D eigenvalue weighted by Gasteiger charge is -2.09. The van der Waals surface area contributed by atoms with Gasteiger partial charge in [0, 0.05) is 11.4 Å². The predicted octanol–water partition coefficient (Wildman–Crippen LogP) is 3.42. The molecule has 70 valence electrons. The minimum absolute atomic E-state index is 0.215. The number of halogens is 1. The first-order chi connectivity index (χ1) is 6.09. The van der Waals surface area contributed by atoms with E-state index in [0.29, 0.717) is 6.42 Å². The molecule has 0 aromatic heterocycles. The number of ketones is 1. The number of carbonyl (C=O) groups is 1. The van der Waals surface area contributed by atoms with E-state index in [-0.39, 0.29) is 11.7 Å². The summed E-state index contributed by atoms with van der Waals surface area (Å²) in [7, 11) is 0. The van der Waals surface area contributed by atoms with Crippen molar-refractivity contribution in [2.24, 2.45) is 0 Å². The van der Waals surface area contributed by atoms with Gasteiger partial charge < -0.3 is 4.79 Å². The summed E-state index contributed by atoms with van der Waals surface area (Å²) in [4.78, 5) is 10.9. The highest BCUT2D eigenvalue weighted by molar-refractivity contribution is 6.30. The van der Waals surface area contributed by atoms with Crippen LogP contribution in [0.4, 0.5) is 0 Å². The second-order valence-corrected chi connectivity index (χ2v) is 3.80. The molecule has 0 aliphatic rings. The van der Waals surface area contributed by atoms with Gasteiger partial charge in [-0.2, -0.15) is 0 Å². The second-order valence-electron chi connectivity index (χ2n) is 3.36. The Morgan fingerprint density at radius 3 is 2.77 bits per heavy atom. The lowest BCUT2D eigenvalue weighted by atomic mass is 9.96. The molecule has 1 aromatic rings. The van der Waals surface area contributed by atoms with E-state index in [1.54, 1.807) is 6.92 Å². The van der Waals surface area contributed by atoms with Gasteiger partial charge >= 0.3 is 0 Å². The maximum Gasteiger partial charge on any atom is 0.130 e. The number of carbonyl (C=O) groups excluding carboxylic acids is 1. The average molecular weight is 197 g/mol. The average Bonchev–Trinajstić information content (AvgIpc) is 2.03. The zero-order valence-electron chi connectivity index (χ0n) is 7.88. The summed E-state index contributed by atoms with van der Waals surface area (Å²) in [5, 5.41) is 0.730. The topological polar surface area (TPSA) is 17.1 Å². The first-order valence-electron chi connectivity index (χ1n) is 4.34. The van der Waals surface area contributed by atoms with Gasteiger partial charge in [-0.1, -0.05) is 30.7 Å². The highest BCUT2D eigenvalue weighted by Gasteiger charge is 2.07. The number of hydrogen-bond acceptors (Lipinski definition) is 1. The summed E-state index contributed by atoms with van der Waals surface area (Å²) in [5.41, 5.74) is 1.13. The van der Waals surface area contributed by atoms with Gasteiger partial charge in [-0.25, -0.2) is 0 Å². The molecule has 0 unspecified atom stereocenters. The van der Waals surface area contributed by atoms with Gasteiger partial charge in [-0.3, -0.25) is 0 Å². The van der Waals surface area contributed by atoms with Gasteiger partial charge in [0.15, 0.2) is 0 Å². The quantitative estimate of drug-likeness (QED) is 0.724. The minimum Gasteiger partial charge on any atom is -0.300 e. The molecule has 2 heteroatoms. The van der Waals surface area contributed by atoms with Crippen LogP contribution in [0, 0.1) is 0 Å². The Bertz CT molecular complexity index is 307. The van der Waals surface area contributed by atoms with Crippen molar-refractivity contribution in [3.05, 3.63) is 34.9 Å². The standard InChI is InChI=1S/C11H13ClO/c1-8(6-9(2)13)10-4-3-5-11(12)7-10/h3-5,7-8H,6H2,1-2H3/t8-/m0/s1. The van der Waals surface area contributed by atoms with Crippen molar-refractivity contribution in [1.82, 2.24) is 0 Å². The molecule has 13 heavy (non-hydrogen) atoms. The minimum atomic E-state index is 0.215. The maximum atomic E-state index is 10.9. The molecule has 0 radical (unpaired) electrons. The van der Waals surface area contributed by atoms with Crippen molar-refractivity contribution in [3.8, 4) is 0 Å². The molecule has 0 saturated carbocycles. The van der Waals surface area contributed by atoms with E-state index in [2.05, 4.69) is 0 Å². The van der Waals surface area contributed by atoms with Crippen molar-refractivity contribution in [2.75, 3.05) is 0 Å². The summed E-state index contributed by atoms with van der Waals surface area (Å²) < 4.78 is 0. The monoisotopic (exact) mass is 196 g/mol. The van der Waals surface area contributed by atoms with Gasteiger partial charge in [-0.15, -0.1) is 0 Å². The molecule has 0 N–H and O–H groups in total. The van der Waals surface area contributed by atoms with E-state index in [0.717, 1.165) is 10.6 Å². The van der Waals surface area contributed by atoms with Crippen molar-refractivity contribution in [2.45, 2.75) is 26.2 Å². The summed E-state index contributed by atoms with van der Waals surface area (Å²) in [6, 6.07) is 7.66. The molecule has 0 aliphatic heterocycles. The van der Waals surface area contributed by atoms with Crippen molar-refractivity contribution < 1.29 is 4.79 Å². The fourth-order valence-corrected chi connectivity index (χ4v) is 1.56. The zero-order chi connectivity index (χ0) is 9.84. The molecule has 0 saturated heterocycles. The Balaban J connectivity index is 2.76. The van der Waals surface area contributed by atoms with Crippen molar-refractivity contribution in [1.29, 1.82) is 0 Å². The van der Waals surface area contributed by atoms with Gasteiger partial charge in [0.05, 0.1) is 0 Å². The lowest BCUT2D eigenvalue weighted by Crippen LogP contribution is -1.99. The maximum absolute atomic E-state index is 10.9. The van der Waals surface area contributed by atoms with E-state index in [4.69, 9.17) is 11.6 Å². The van der Waals surface area contributed by atoms with E-state index in [1.807, 2.05) is 31.2 Å². The van der Waals surface area contributed by atoms with Crippen LogP contribution in [0.15, 0.2) is 24.3 Å². The van der Waals surface area contributed by atoms with Crippen LogP contribution in [0.3, 0.4) is 0 Å². The van der Waals surface area contributed by atoms with E-state index >= 15 is 0 Å². The van der Waals surface area contributed by atoms with Crippen LogP contribution in [0.25, 0.3) is 0 Å². The number of benzene rings is 1. The Labute approximate surface area is 83.7 Å². The molecule has 0 bridgehead atoms. The number of hydrogen-bond donors (Lipinski definition) is 0. The molecular formula is C11H13ClO. The van der Waals surface area contributed by atoms with E-state index < -0.39 is 0 Å².